The van der Waals surface area contributed by atoms with E-state index in [-0.39, 0.29) is 17.9 Å². The fourth-order valence-corrected chi connectivity index (χ4v) is 4.82. The van der Waals surface area contributed by atoms with Crippen molar-refractivity contribution in [3.8, 4) is 17.0 Å². The summed E-state index contributed by atoms with van der Waals surface area (Å²) in [4.78, 5) is 26.3. The van der Waals surface area contributed by atoms with Crippen molar-refractivity contribution in [2.24, 2.45) is 5.92 Å². The zero-order valence-corrected chi connectivity index (χ0v) is 17.4. The van der Waals surface area contributed by atoms with Crippen LogP contribution < -0.4 is 15.0 Å². The van der Waals surface area contributed by atoms with E-state index < -0.39 is 0 Å². The number of imidazole rings is 1. The van der Waals surface area contributed by atoms with Gasteiger partial charge in [-0.3, -0.25) is 9.78 Å². The van der Waals surface area contributed by atoms with E-state index >= 15 is 0 Å². The van der Waals surface area contributed by atoms with E-state index in [0.29, 0.717) is 30.9 Å². The molecule has 2 bridgehead atoms. The summed E-state index contributed by atoms with van der Waals surface area (Å²) in [5.74, 6) is 0.947. The molecule has 0 radical (unpaired) electrons. The van der Waals surface area contributed by atoms with Crippen molar-refractivity contribution < 1.29 is 14.3 Å². The van der Waals surface area contributed by atoms with E-state index in [9.17, 15) is 4.79 Å². The third-order valence-corrected chi connectivity index (χ3v) is 6.64. The molecular weight excluding hydrogens is 394 g/mol. The molecule has 7 rings (SSSR count). The quantitative estimate of drug-likeness (QED) is 0.660. The molecule has 3 aromatic rings. The van der Waals surface area contributed by atoms with Crippen molar-refractivity contribution >= 4 is 22.6 Å². The molecule has 0 saturated carbocycles. The zero-order chi connectivity index (χ0) is 20.9. The summed E-state index contributed by atoms with van der Waals surface area (Å²) in [5.41, 5.74) is 4.68. The van der Waals surface area contributed by atoms with E-state index in [0.717, 1.165) is 41.1 Å². The lowest BCUT2D eigenvalue weighted by Crippen LogP contribution is -2.57. The van der Waals surface area contributed by atoms with E-state index in [1.165, 1.54) is 6.42 Å². The van der Waals surface area contributed by atoms with E-state index in [4.69, 9.17) is 14.5 Å². The van der Waals surface area contributed by atoms with Crippen LogP contribution in [-0.2, 0) is 9.53 Å². The maximum atomic E-state index is 11.6. The molecule has 8 nitrogen and oxygen atoms in total. The van der Waals surface area contributed by atoms with Gasteiger partial charge in [0.05, 0.1) is 41.6 Å². The Balaban J connectivity index is 1.26. The summed E-state index contributed by atoms with van der Waals surface area (Å²) in [6, 6.07) is 8.23. The Morgan fingerprint density at radius 2 is 2.06 bits per heavy atom. The van der Waals surface area contributed by atoms with Gasteiger partial charge in [0.25, 0.3) is 0 Å². The molecule has 4 saturated heterocycles. The number of nitrogens with one attached hydrogen (secondary N) is 2. The van der Waals surface area contributed by atoms with Crippen LogP contribution in [0.15, 0.2) is 36.8 Å². The number of anilines is 1. The second-order valence-corrected chi connectivity index (χ2v) is 8.79. The Bertz CT molecular complexity index is 1110. The van der Waals surface area contributed by atoms with Gasteiger partial charge in [-0.2, -0.15) is 0 Å². The molecule has 4 atom stereocenters. The number of carbonyl (C=O) groups excluding carboxylic acids is 1. The number of amides is 1. The first-order valence-corrected chi connectivity index (χ1v) is 10.9. The number of morpholine rings is 1. The third kappa shape index (κ3) is 3.40. The molecule has 31 heavy (non-hydrogen) atoms. The second-order valence-electron chi connectivity index (χ2n) is 8.79. The molecule has 8 heteroatoms. The highest BCUT2D eigenvalue weighted by molar-refractivity contribution is 5.87. The van der Waals surface area contributed by atoms with Crippen molar-refractivity contribution in [1.82, 2.24) is 20.3 Å². The Morgan fingerprint density at radius 1 is 1.23 bits per heavy atom. The number of H-pyrrole nitrogens is 1. The Labute approximate surface area is 180 Å². The lowest BCUT2D eigenvalue weighted by Gasteiger charge is -2.47. The van der Waals surface area contributed by atoms with Crippen LogP contribution in [0.4, 0.5) is 5.69 Å². The normalized spacial score (nSPS) is 25.9. The standard InChI is InChI=1S/C23H25N5O3/c1-13(15-6-22(29)25-8-15)30-21-5-14(4-20-23(21)27-12-26-20)19-3-2-16(9-24-19)28-10-17-7-18(11-28)31-17/h2-5,9,12-13,15,17-18H,6-8,10-11H2,1H3,(H,25,29)(H,26,27)/t13-,15-,17?,18?/m1/s1. The Kier molecular flexibility index (Phi) is 4.34. The molecule has 4 aliphatic heterocycles. The number of pyridine rings is 1. The highest BCUT2D eigenvalue weighted by Gasteiger charge is 2.38. The van der Waals surface area contributed by atoms with Gasteiger partial charge in [-0.1, -0.05) is 0 Å². The number of ether oxygens (including phenoxy) is 2. The second kappa shape index (κ2) is 7.23. The SMILES string of the molecule is C[C@@H](Oc1cc(-c2ccc(N3CC4CC(C3)O4)cn2)cc2[nH]cnc12)[C@H]1CNC(=O)C1. The summed E-state index contributed by atoms with van der Waals surface area (Å²) in [6.45, 7) is 4.53. The number of benzene rings is 1. The minimum Gasteiger partial charge on any atom is -0.488 e. The number of fused-ring (bicyclic) bond motifs is 3. The van der Waals surface area contributed by atoms with Crippen molar-refractivity contribution in [2.75, 3.05) is 24.5 Å². The predicted molar refractivity (Wildman–Crippen MR) is 116 cm³/mol. The number of aromatic amines is 1. The van der Waals surface area contributed by atoms with E-state index in [1.54, 1.807) is 6.33 Å². The number of aromatic nitrogens is 3. The molecule has 4 aliphatic rings. The topological polar surface area (TPSA) is 92.4 Å². The van der Waals surface area contributed by atoms with Crippen LogP contribution in [0.3, 0.4) is 0 Å². The molecule has 4 fully saturated rings. The average molecular weight is 419 g/mol. The van der Waals surface area contributed by atoms with Gasteiger partial charge in [0.15, 0.2) is 0 Å². The van der Waals surface area contributed by atoms with Gasteiger partial charge in [0.2, 0.25) is 5.91 Å². The zero-order valence-electron chi connectivity index (χ0n) is 17.4. The minimum atomic E-state index is -0.0998. The van der Waals surface area contributed by atoms with Crippen molar-refractivity contribution in [3.63, 3.8) is 0 Å². The number of hydrogen-bond donors (Lipinski definition) is 2. The fourth-order valence-electron chi connectivity index (χ4n) is 4.82. The van der Waals surface area contributed by atoms with Crippen LogP contribution >= 0.6 is 0 Å². The van der Waals surface area contributed by atoms with Crippen LogP contribution in [0.2, 0.25) is 0 Å². The van der Waals surface area contributed by atoms with E-state index in [1.807, 2.05) is 25.3 Å². The van der Waals surface area contributed by atoms with Gasteiger partial charge in [-0.15, -0.1) is 0 Å². The van der Waals surface area contributed by atoms with Gasteiger partial charge < -0.3 is 24.7 Å². The summed E-state index contributed by atoms with van der Waals surface area (Å²) >= 11 is 0. The smallest absolute Gasteiger partial charge is 0.220 e. The fraction of sp³-hybridized carbons (Fsp3) is 0.435. The molecule has 1 aromatic carbocycles. The Hall–Kier alpha value is -3.13. The number of nitrogens with zero attached hydrogens (tertiary/aromatic N) is 3. The van der Waals surface area contributed by atoms with Gasteiger partial charge in [-0.05, 0) is 31.2 Å². The van der Waals surface area contributed by atoms with Gasteiger partial charge >= 0.3 is 0 Å². The molecule has 2 N–H and O–H groups in total. The average Bonchev–Trinajstić information content (AvgIpc) is 3.42. The molecule has 160 valence electrons. The number of hydrogen-bond acceptors (Lipinski definition) is 6. The van der Waals surface area contributed by atoms with Crippen LogP contribution in [0.5, 0.6) is 5.75 Å². The molecule has 0 spiro atoms. The van der Waals surface area contributed by atoms with Crippen LogP contribution in [0, 0.1) is 5.92 Å². The first-order chi connectivity index (χ1) is 15.1. The predicted octanol–water partition coefficient (Wildman–Crippen LogP) is 2.51. The van der Waals surface area contributed by atoms with Crippen LogP contribution in [0.25, 0.3) is 22.3 Å². The van der Waals surface area contributed by atoms with Gasteiger partial charge in [0, 0.05) is 44.0 Å². The summed E-state index contributed by atoms with van der Waals surface area (Å²) in [7, 11) is 0. The lowest BCUT2D eigenvalue weighted by molar-refractivity contribution is -0.133. The largest absolute Gasteiger partial charge is 0.488 e. The molecule has 2 unspecified atom stereocenters. The van der Waals surface area contributed by atoms with Crippen LogP contribution in [0.1, 0.15) is 19.8 Å². The maximum Gasteiger partial charge on any atom is 0.220 e. The van der Waals surface area contributed by atoms with Gasteiger partial charge in [0.1, 0.15) is 17.4 Å². The maximum absolute atomic E-state index is 11.6. The number of piperidine rings is 1. The Morgan fingerprint density at radius 3 is 2.77 bits per heavy atom. The highest BCUT2D eigenvalue weighted by atomic mass is 16.5. The van der Waals surface area contributed by atoms with Crippen molar-refractivity contribution in [2.45, 2.75) is 38.1 Å². The first-order valence-electron chi connectivity index (χ1n) is 10.9. The number of rotatable bonds is 5. The third-order valence-electron chi connectivity index (χ3n) is 6.64. The molecule has 6 heterocycles. The number of carbonyl (C=O) groups is 1. The highest BCUT2D eigenvalue weighted by Crippen LogP contribution is 2.34. The first kappa shape index (κ1) is 18.6. The monoisotopic (exact) mass is 419 g/mol. The molecule has 0 aliphatic carbocycles. The summed E-state index contributed by atoms with van der Waals surface area (Å²) < 4.78 is 12.0. The van der Waals surface area contributed by atoms with Gasteiger partial charge in [-0.25, -0.2) is 4.98 Å². The molecule has 1 amide bonds. The summed E-state index contributed by atoms with van der Waals surface area (Å²) in [5, 5.41) is 2.88. The lowest BCUT2D eigenvalue weighted by atomic mass is 9.98. The van der Waals surface area contributed by atoms with Crippen molar-refractivity contribution in [3.05, 3.63) is 36.8 Å². The van der Waals surface area contributed by atoms with Crippen molar-refractivity contribution in [1.29, 1.82) is 0 Å². The molecular formula is C23H25N5O3. The summed E-state index contributed by atoms with van der Waals surface area (Å²) in [6.07, 6.45) is 5.93. The minimum absolute atomic E-state index is 0.0842. The van der Waals surface area contributed by atoms with E-state index in [2.05, 4.69) is 32.3 Å². The van der Waals surface area contributed by atoms with Crippen LogP contribution in [-0.4, -0.2) is 58.8 Å². The molecule has 2 aromatic heterocycles.